The van der Waals surface area contributed by atoms with E-state index in [1.807, 2.05) is 6.92 Å². The predicted octanol–water partition coefficient (Wildman–Crippen LogP) is 1.50. The SMILES string of the molecule is C=C(C(=O)O)C(O)(O)CCCCC.C=CC(=O)O.C=CC(=O)O.CCOC(N)=O. The molecule has 0 saturated carbocycles. The van der Waals surface area contributed by atoms with Gasteiger partial charge in [0.25, 0.3) is 0 Å². The van der Waals surface area contributed by atoms with Crippen molar-refractivity contribution in [3.05, 3.63) is 37.5 Å². The second-order valence-electron chi connectivity index (χ2n) is 4.89. The molecule has 0 saturated heterocycles. The molecule has 11 heteroatoms. The number of carboxylic acid groups (broad SMARTS) is 3. The van der Waals surface area contributed by atoms with E-state index < -0.39 is 35.4 Å². The third-order valence-electron chi connectivity index (χ3n) is 2.51. The van der Waals surface area contributed by atoms with Crippen LogP contribution in [0.2, 0.25) is 0 Å². The van der Waals surface area contributed by atoms with Crippen molar-refractivity contribution in [2.24, 2.45) is 5.73 Å². The third kappa shape index (κ3) is 32.9. The Bertz CT molecular complexity index is 523. The average Bonchev–Trinajstić information content (AvgIpc) is 2.62. The fourth-order valence-corrected chi connectivity index (χ4v) is 1.09. The number of unbranched alkanes of at least 4 members (excludes halogenated alkanes) is 2. The van der Waals surface area contributed by atoms with E-state index in [1.54, 1.807) is 6.92 Å². The van der Waals surface area contributed by atoms with Gasteiger partial charge in [0.1, 0.15) is 0 Å². The number of hydrogen-bond donors (Lipinski definition) is 6. The zero-order valence-corrected chi connectivity index (χ0v) is 16.7. The highest BCUT2D eigenvalue weighted by molar-refractivity contribution is 5.87. The van der Waals surface area contributed by atoms with E-state index in [4.69, 9.17) is 15.3 Å². The molecule has 0 unspecified atom stereocenters. The maximum Gasteiger partial charge on any atom is 0.404 e. The van der Waals surface area contributed by atoms with E-state index in [0.29, 0.717) is 13.0 Å². The van der Waals surface area contributed by atoms with Gasteiger partial charge >= 0.3 is 24.0 Å². The fraction of sp³-hybridized carbons (Fsp3) is 0.444. The minimum absolute atomic E-state index is 0.0198. The van der Waals surface area contributed by atoms with Crippen LogP contribution in [-0.4, -0.2) is 61.9 Å². The van der Waals surface area contributed by atoms with Gasteiger partial charge in [-0.25, -0.2) is 19.2 Å². The second-order valence-corrected chi connectivity index (χ2v) is 4.89. The predicted molar refractivity (Wildman–Crippen MR) is 105 cm³/mol. The first-order valence-corrected chi connectivity index (χ1v) is 8.23. The highest BCUT2D eigenvalue weighted by Crippen LogP contribution is 2.19. The molecule has 0 spiro atoms. The summed E-state index contributed by atoms with van der Waals surface area (Å²) in [6.45, 7) is 13.1. The molecule has 0 bridgehead atoms. The van der Waals surface area contributed by atoms with Crippen molar-refractivity contribution < 1.29 is 49.4 Å². The number of nitrogens with two attached hydrogens (primary N) is 1. The van der Waals surface area contributed by atoms with Crippen molar-refractivity contribution in [3.63, 3.8) is 0 Å². The van der Waals surface area contributed by atoms with Gasteiger partial charge in [0.05, 0.1) is 12.2 Å². The molecule has 0 rings (SSSR count). The lowest BCUT2D eigenvalue weighted by molar-refractivity contribution is -0.156. The van der Waals surface area contributed by atoms with Crippen molar-refractivity contribution in [1.29, 1.82) is 0 Å². The molecule has 0 aliphatic heterocycles. The first kappa shape index (κ1) is 33.4. The molecule has 11 nitrogen and oxygen atoms in total. The lowest BCUT2D eigenvalue weighted by atomic mass is 10.0. The van der Waals surface area contributed by atoms with Crippen molar-refractivity contribution >= 4 is 24.0 Å². The molecule has 0 aromatic rings. The first-order valence-electron chi connectivity index (χ1n) is 8.23. The lowest BCUT2D eigenvalue weighted by Gasteiger charge is -2.21. The highest BCUT2D eigenvalue weighted by atomic mass is 16.5. The molecule has 0 radical (unpaired) electrons. The van der Waals surface area contributed by atoms with Gasteiger partial charge in [-0.05, 0) is 13.3 Å². The Morgan fingerprint density at radius 2 is 1.34 bits per heavy atom. The Hall–Kier alpha value is -3.18. The van der Waals surface area contributed by atoms with E-state index in [-0.39, 0.29) is 6.42 Å². The zero-order chi connectivity index (χ0) is 24.0. The van der Waals surface area contributed by atoms with Crippen LogP contribution >= 0.6 is 0 Å². The number of aliphatic hydroxyl groups is 2. The van der Waals surface area contributed by atoms with E-state index in [1.165, 1.54) is 0 Å². The summed E-state index contributed by atoms with van der Waals surface area (Å²) in [6, 6.07) is 0. The molecule has 0 heterocycles. The van der Waals surface area contributed by atoms with Crippen LogP contribution in [0, 0.1) is 0 Å². The minimum Gasteiger partial charge on any atom is -0.478 e. The van der Waals surface area contributed by atoms with E-state index in [9.17, 15) is 29.4 Å². The van der Waals surface area contributed by atoms with Gasteiger partial charge in [0.2, 0.25) is 0 Å². The smallest absolute Gasteiger partial charge is 0.404 e. The first-order chi connectivity index (χ1) is 13.2. The summed E-state index contributed by atoms with van der Waals surface area (Å²) < 4.78 is 4.18. The minimum atomic E-state index is -2.26. The summed E-state index contributed by atoms with van der Waals surface area (Å²) in [6.07, 6.45) is 3.34. The Balaban J connectivity index is -0.000000163. The molecule has 0 aromatic carbocycles. The maximum atomic E-state index is 10.4. The van der Waals surface area contributed by atoms with Crippen molar-refractivity contribution in [1.82, 2.24) is 0 Å². The number of amides is 1. The molecule has 1 amide bonds. The van der Waals surface area contributed by atoms with Crippen LogP contribution < -0.4 is 5.73 Å². The quantitative estimate of drug-likeness (QED) is 0.180. The monoisotopic (exact) mass is 421 g/mol. The van der Waals surface area contributed by atoms with Crippen LogP contribution in [0.1, 0.15) is 39.5 Å². The van der Waals surface area contributed by atoms with E-state index in [2.05, 4.69) is 30.2 Å². The van der Waals surface area contributed by atoms with Gasteiger partial charge in [-0.2, -0.15) is 0 Å². The summed E-state index contributed by atoms with van der Waals surface area (Å²) in [5, 5.41) is 42.2. The largest absolute Gasteiger partial charge is 0.478 e. The Labute approximate surface area is 169 Å². The molecule has 29 heavy (non-hydrogen) atoms. The lowest BCUT2D eigenvalue weighted by Crippen LogP contribution is -2.33. The molecular formula is C18H31NO10. The van der Waals surface area contributed by atoms with Crippen molar-refractivity contribution in [2.75, 3.05) is 6.61 Å². The Morgan fingerprint density at radius 3 is 1.52 bits per heavy atom. The average molecular weight is 421 g/mol. The van der Waals surface area contributed by atoms with E-state index >= 15 is 0 Å². The number of rotatable bonds is 9. The Kier molecular flexibility index (Phi) is 24.3. The van der Waals surface area contributed by atoms with Crippen LogP contribution in [0.4, 0.5) is 4.79 Å². The number of carboxylic acids is 3. The van der Waals surface area contributed by atoms with Gasteiger partial charge < -0.3 is 36.0 Å². The van der Waals surface area contributed by atoms with Gasteiger partial charge in [-0.1, -0.05) is 39.5 Å². The van der Waals surface area contributed by atoms with Gasteiger partial charge in [-0.15, -0.1) is 0 Å². The summed E-state index contributed by atoms with van der Waals surface area (Å²) in [4.78, 5) is 38.5. The molecule has 0 aliphatic carbocycles. The number of aliphatic carboxylic acids is 3. The van der Waals surface area contributed by atoms with Crippen LogP contribution in [0.5, 0.6) is 0 Å². The number of primary amides is 1. The summed E-state index contributed by atoms with van der Waals surface area (Å²) in [5.41, 5.74) is 3.98. The fourth-order valence-electron chi connectivity index (χ4n) is 1.09. The van der Waals surface area contributed by atoms with Gasteiger partial charge in [0, 0.05) is 18.6 Å². The van der Waals surface area contributed by atoms with Crippen LogP contribution in [0.15, 0.2) is 37.5 Å². The van der Waals surface area contributed by atoms with Gasteiger partial charge in [0.15, 0.2) is 5.79 Å². The second kappa shape index (κ2) is 21.1. The third-order valence-corrected chi connectivity index (χ3v) is 2.51. The van der Waals surface area contributed by atoms with Crippen molar-refractivity contribution in [2.45, 2.75) is 45.3 Å². The molecule has 168 valence electrons. The molecule has 0 fully saturated rings. The van der Waals surface area contributed by atoms with Crippen LogP contribution in [0.3, 0.4) is 0 Å². The maximum absolute atomic E-state index is 10.4. The number of hydrogen-bond acceptors (Lipinski definition) is 7. The Morgan fingerprint density at radius 1 is 0.966 bits per heavy atom. The summed E-state index contributed by atoms with van der Waals surface area (Å²) >= 11 is 0. The number of carbonyl (C=O) groups is 4. The van der Waals surface area contributed by atoms with Crippen LogP contribution in [0.25, 0.3) is 0 Å². The van der Waals surface area contributed by atoms with E-state index in [0.717, 1.165) is 25.0 Å². The van der Waals surface area contributed by atoms with Gasteiger partial charge in [-0.3, -0.25) is 0 Å². The zero-order valence-electron chi connectivity index (χ0n) is 16.7. The molecular weight excluding hydrogens is 390 g/mol. The number of ether oxygens (including phenoxy) is 1. The normalized spacial score (nSPS) is 8.83. The molecule has 0 aromatic heterocycles. The summed E-state index contributed by atoms with van der Waals surface area (Å²) in [5.74, 6) is -5.60. The summed E-state index contributed by atoms with van der Waals surface area (Å²) in [7, 11) is 0. The highest BCUT2D eigenvalue weighted by Gasteiger charge is 2.30. The van der Waals surface area contributed by atoms with Crippen LogP contribution in [-0.2, 0) is 19.1 Å². The molecule has 7 N–H and O–H groups in total. The topological polar surface area (TPSA) is 205 Å². The van der Waals surface area contributed by atoms with Crippen molar-refractivity contribution in [3.8, 4) is 0 Å². The standard InChI is InChI=1S/C9H16O4.C3H7NO2.2C3H4O2/c1-3-4-5-6-9(12,13)7(2)8(10)11;1-2-6-3(4)5;2*1-2-3(4)5/h12-13H,2-6H2,1H3,(H,10,11);2H2,1H3,(H2,4,5);2*2H,1H2,(H,4,5). The number of carbonyl (C=O) groups excluding carboxylic acids is 1. The molecule has 0 atom stereocenters. The molecule has 0 aliphatic rings.